The summed E-state index contributed by atoms with van der Waals surface area (Å²) in [6, 6.07) is 2.72. The van der Waals surface area contributed by atoms with Gasteiger partial charge in [0.2, 0.25) is 0 Å². The number of hydrogen-bond donors (Lipinski definition) is 3. The maximum Gasteiger partial charge on any atom is 0.335 e. The van der Waals surface area contributed by atoms with E-state index in [0.717, 1.165) is 6.42 Å². The molecule has 0 aliphatic carbocycles. The molecule has 0 saturated heterocycles. The largest absolute Gasteiger partial charge is 0.478 e. The minimum Gasteiger partial charge on any atom is -0.478 e. The Kier molecular flexibility index (Phi) is 5.01. The lowest BCUT2D eigenvalue weighted by atomic mass is 10.2. The number of carbonyl (C=O) groups is 1. The van der Waals surface area contributed by atoms with E-state index >= 15 is 0 Å². The van der Waals surface area contributed by atoms with E-state index < -0.39 is 5.97 Å². The number of hydrogen-bond acceptors (Lipinski definition) is 4. The third-order valence-electron chi connectivity index (χ3n) is 1.93. The number of aliphatic hydroxyl groups is 1. The first-order valence-corrected chi connectivity index (χ1v) is 5.27. The molecule has 16 heavy (non-hydrogen) atoms. The van der Waals surface area contributed by atoms with Crippen LogP contribution >= 0.6 is 11.6 Å². The Hall–Kier alpha value is -1.33. The third-order valence-corrected chi connectivity index (χ3v) is 2.13. The van der Waals surface area contributed by atoms with Crippen molar-refractivity contribution < 1.29 is 15.0 Å². The number of rotatable bonds is 6. The number of aliphatic hydroxyl groups excluding tert-OH is 1. The molecule has 88 valence electrons. The number of carboxylic acid groups (broad SMARTS) is 1. The van der Waals surface area contributed by atoms with Gasteiger partial charge in [0.15, 0.2) is 0 Å². The number of aromatic nitrogens is 1. The van der Waals surface area contributed by atoms with Crippen LogP contribution in [0.2, 0.25) is 5.15 Å². The second-order valence-corrected chi connectivity index (χ2v) is 3.61. The molecule has 1 aromatic heterocycles. The second-order valence-electron chi connectivity index (χ2n) is 3.23. The normalized spacial score (nSPS) is 10.1. The molecule has 0 atom stereocenters. The first-order chi connectivity index (χ1) is 7.63. The van der Waals surface area contributed by atoms with Crippen molar-refractivity contribution in [1.29, 1.82) is 0 Å². The molecule has 1 heterocycles. The summed E-state index contributed by atoms with van der Waals surface area (Å²) in [4.78, 5) is 14.7. The van der Waals surface area contributed by atoms with Crippen LogP contribution in [0.4, 0.5) is 5.82 Å². The molecule has 0 saturated carbocycles. The van der Waals surface area contributed by atoms with Gasteiger partial charge < -0.3 is 15.5 Å². The van der Waals surface area contributed by atoms with Crippen LogP contribution in [0.5, 0.6) is 0 Å². The molecule has 0 aliphatic heterocycles. The predicted molar refractivity (Wildman–Crippen MR) is 61.0 cm³/mol. The SMILES string of the molecule is O=C(O)c1cc(Cl)nc(NCCCCO)c1. The van der Waals surface area contributed by atoms with Crippen molar-refractivity contribution >= 4 is 23.4 Å². The zero-order valence-corrected chi connectivity index (χ0v) is 9.37. The monoisotopic (exact) mass is 244 g/mol. The maximum absolute atomic E-state index is 10.7. The van der Waals surface area contributed by atoms with E-state index in [1.165, 1.54) is 12.1 Å². The van der Waals surface area contributed by atoms with Gasteiger partial charge in [-0.2, -0.15) is 0 Å². The lowest BCUT2D eigenvalue weighted by Crippen LogP contribution is -2.06. The molecule has 0 unspecified atom stereocenters. The smallest absolute Gasteiger partial charge is 0.335 e. The average Bonchev–Trinajstić information content (AvgIpc) is 2.23. The first-order valence-electron chi connectivity index (χ1n) is 4.89. The zero-order chi connectivity index (χ0) is 12.0. The van der Waals surface area contributed by atoms with Gasteiger partial charge in [0.05, 0.1) is 5.56 Å². The van der Waals surface area contributed by atoms with Crippen LogP contribution in [0.3, 0.4) is 0 Å². The first kappa shape index (κ1) is 12.7. The van der Waals surface area contributed by atoms with Crippen molar-refractivity contribution in [2.24, 2.45) is 0 Å². The molecule has 0 aliphatic rings. The highest BCUT2D eigenvalue weighted by Crippen LogP contribution is 2.14. The highest BCUT2D eigenvalue weighted by molar-refractivity contribution is 6.29. The molecule has 5 nitrogen and oxygen atoms in total. The summed E-state index contributed by atoms with van der Waals surface area (Å²) < 4.78 is 0. The molecule has 3 N–H and O–H groups in total. The molecule has 0 radical (unpaired) electrons. The average molecular weight is 245 g/mol. The van der Waals surface area contributed by atoms with Gasteiger partial charge in [-0.25, -0.2) is 9.78 Å². The summed E-state index contributed by atoms with van der Waals surface area (Å²) >= 11 is 5.68. The molecular weight excluding hydrogens is 232 g/mol. The number of nitrogens with zero attached hydrogens (tertiary/aromatic N) is 1. The molecule has 0 amide bonds. The molecule has 0 bridgehead atoms. The molecule has 0 spiro atoms. The highest BCUT2D eigenvalue weighted by Gasteiger charge is 2.06. The van der Waals surface area contributed by atoms with Crippen LogP contribution < -0.4 is 5.32 Å². The molecule has 1 rings (SSSR count). The quantitative estimate of drug-likeness (QED) is 0.523. The number of pyridine rings is 1. The maximum atomic E-state index is 10.7. The van der Waals surface area contributed by atoms with Crippen LogP contribution in [-0.2, 0) is 0 Å². The van der Waals surface area contributed by atoms with Gasteiger partial charge in [-0.1, -0.05) is 11.6 Å². The molecule has 1 aromatic rings. The Morgan fingerprint density at radius 3 is 2.81 bits per heavy atom. The van der Waals surface area contributed by atoms with Gasteiger partial charge in [-0.15, -0.1) is 0 Å². The summed E-state index contributed by atoms with van der Waals surface area (Å²) in [5.74, 6) is -0.606. The van der Waals surface area contributed by atoms with Gasteiger partial charge in [-0.3, -0.25) is 0 Å². The van der Waals surface area contributed by atoms with Crippen LogP contribution in [-0.4, -0.2) is 34.3 Å². The van der Waals surface area contributed by atoms with Gasteiger partial charge in [0.1, 0.15) is 11.0 Å². The highest BCUT2D eigenvalue weighted by atomic mass is 35.5. The third kappa shape index (κ3) is 4.04. The molecule has 0 fully saturated rings. The van der Waals surface area contributed by atoms with Gasteiger partial charge >= 0.3 is 5.97 Å². The minimum atomic E-state index is -1.04. The van der Waals surface area contributed by atoms with E-state index in [9.17, 15) is 4.79 Å². The summed E-state index contributed by atoms with van der Waals surface area (Å²) in [6.07, 6.45) is 1.48. The van der Waals surface area contributed by atoms with E-state index in [1.807, 2.05) is 0 Å². The Balaban J connectivity index is 2.62. The number of halogens is 1. The van der Waals surface area contributed by atoms with E-state index in [0.29, 0.717) is 18.8 Å². The van der Waals surface area contributed by atoms with Crippen LogP contribution in [0.1, 0.15) is 23.2 Å². The Labute approximate surface area is 98.1 Å². The summed E-state index contributed by atoms with van der Waals surface area (Å²) in [6.45, 7) is 0.762. The fraction of sp³-hybridized carbons (Fsp3) is 0.400. The van der Waals surface area contributed by atoms with Crippen molar-refractivity contribution in [2.75, 3.05) is 18.5 Å². The Morgan fingerprint density at radius 1 is 1.44 bits per heavy atom. The van der Waals surface area contributed by atoms with Crippen molar-refractivity contribution in [1.82, 2.24) is 4.98 Å². The minimum absolute atomic E-state index is 0.102. The van der Waals surface area contributed by atoms with Crippen molar-refractivity contribution in [3.63, 3.8) is 0 Å². The number of anilines is 1. The second kappa shape index (κ2) is 6.30. The van der Waals surface area contributed by atoms with Gasteiger partial charge in [-0.05, 0) is 25.0 Å². The molecular formula is C10H13ClN2O3. The summed E-state index contributed by atoms with van der Waals surface area (Å²) in [5, 5.41) is 20.5. The van der Waals surface area contributed by atoms with E-state index in [4.69, 9.17) is 21.8 Å². The van der Waals surface area contributed by atoms with Crippen molar-refractivity contribution in [3.8, 4) is 0 Å². The molecule has 6 heteroatoms. The van der Waals surface area contributed by atoms with E-state index in [1.54, 1.807) is 0 Å². The predicted octanol–water partition coefficient (Wildman–Crippen LogP) is 1.62. The van der Waals surface area contributed by atoms with E-state index in [2.05, 4.69) is 10.3 Å². The fourth-order valence-corrected chi connectivity index (χ4v) is 1.37. The van der Waals surface area contributed by atoms with Crippen molar-refractivity contribution in [2.45, 2.75) is 12.8 Å². The summed E-state index contributed by atoms with van der Waals surface area (Å²) in [7, 11) is 0. The van der Waals surface area contributed by atoms with Crippen molar-refractivity contribution in [3.05, 3.63) is 22.8 Å². The Bertz CT molecular complexity index is 371. The lowest BCUT2D eigenvalue weighted by molar-refractivity contribution is 0.0697. The number of nitrogens with one attached hydrogen (secondary N) is 1. The summed E-state index contributed by atoms with van der Waals surface area (Å²) in [5.41, 5.74) is 0.102. The van der Waals surface area contributed by atoms with Gasteiger partial charge in [0, 0.05) is 13.2 Å². The molecule has 0 aromatic carbocycles. The number of aromatic carboxylic acids is 1. The number of carboxylic acids is 1. The van der Waals surface area contributed by atoms with Crippen LogP contribution in [0.15, 0.2) is 12.1 Å². The van der Waals surface area contributed by atoms with Crippen LogP contribution in [0, 0.1) is 0 Å². The van der Waals surface area contributed by atoms with Crippen LogP contribution in [0.25, 0.3) is 0 Å². The standard InChI is InChI=1S/C10H13ClN2O3/c11-8-5-7(10(15)16)6-9(13-8)12-3-1-2-4-14/h5-6,14H,1-4H2,(H,12,13)(H,15,16). The zero-order valence-electron chi connectivity index (χ0n) is 8.61. The lowest BCUT2D eigenvalue weighted by Gasteiger charge is -2.06. The number of unbranched alkanes of at least 4 members (excludes halogenated alkanes) is 1. The van der Waals surface area contributed by atoms with Gasteiger partial charge in [0.25, 0.3) is 0 Å². The van der Waals surface area contributed by atoms with E-state index in [-0.39, 0.29) is 17.3 Å². The fourth-order valence-electron chi connectivity index (χ4n) is 1.16. The topological polar surface area (TPSA) is 82.5 Å². The Morgan fingerprint density at radius 2 is 2.19 bits per heavy atom.